The summed E-state index contributed by atoms with van der Waals surface area (Å²) in [5.41, 5.74) is 9.85. The fourth-order valence-corrected chi connectivity index (χ4v) is 8.64. The minimum Gasteiger partial charge on any atom is -0.489 e. The Labute approximate surface area is 366 Å². The summed E-state index contributed by atoms with van der Waals surface area (Å²) in [6, 6.07) is 35.3. The van der Waals surface area contributed by atoms with Crippen molar-refractivity contribution in [2.24, 2.45) is 0 Å². The van der Waals surface area contributed by atoms with Gasteiger partial charge in [-0.2, -0.15) is 0 Å². The number of hydrogen-bond acceptors (Lipinski definition) is 7. The molecule has 6 aromatic rings. The van der Waals surface area contributed by atoms with Gasteiger partial charge in [-0.05, 0) is 119 Å². The summed E-state index contributed by atoms with van der Waals surface area (Å²) in [5, 5.41) is 14.3. The summed E-state index contributed by atoms with van der Waals surface area (Å²) in [7, 11) is 0. The summed E-state index contributed by atoms with van der Waals surface area (Å²) in [5.74, 6) is 0.494. The third-order valence-corrected chi connectivity index (χ3v) is 12.5. The second-order valence-corrected chi connectivity index (χ2v) is 16.5. The number of aliphatic carboxylic acids is 1. The van der Waals surface area contributed by atoms with Gasteiger partial charge in [0.1, 0.15) is 25.0 Å². The maximum Gasteiger partial charge on any atom is 0.326 e. The van der Waals surface area contributed by atoms with Crippen molar-refractivity contribution in [2.45, 2.75) is 77.4 Å². The number of ether oxygens (including phenoxy) is 3. The molecule has 1 aromatic heterocycles. The number of amides is 1. The first-order chi connectivity index (χ1) is 29.5. The molecule has 61 heavy (non-hydrogen) atoms. The van der Waals surface area contributed by atoms with Crippen LogP contribution in [0.4, 0.5) is 0 Å². The molecule has 2 aliphatic heterocycles. The maximum absolute atomic E-state index is 14.5. The number of carbonyl (C=O) groups is 2. The van der Waals surface area contributed by atoms with Crippen LogP contribution in [-0.4, -0.2) is 45.6 Å². The number of aryl methyl sites for hydroxylation is 1. The van der Waals surface area contributed by atoms with E-state index in [0.29, 0.717) is 46.9 Å². The fraction of sp³-hybridized carbons (Fsp3) is 0.260. The Kier molecular flexibility index (Phi) is 12.6. The van der Waals surface area contributed by atoms with Crippen molar-refractivity contribution in [3.05, 3.63) is 176 Å². The lowest BCUT2D eigenvalue weighted by Crippen LogP contribution is -2.55. The van der Waals surface area contributed by atoms with Crippen molar-refractivity contribution in [3.63, 3.8) is 0 Å². The second kappa shape index (κ2) is 18.4. The molecule has 2 aliphatic rings. The topological polar surface area (TPSA) is 110 Å². The molecule has 0 aliphatic carbocycles. The van der Waals surface area contributed by atoms with Crippen molar-refractivity contribution in [1.82, 2.24) is 15.2 Å². The summed E-state index contributed by atoms with van der Waals surface area (Å²) < 4.78 is 19.0. The van der Waals surface area contributed by atoms with Gasteiger partial charge in [0.2, 0.25) is 5.91 Å². The summed E-state index contributed by atoms with van der Waals surface area (Å²) >= 11 is 12.3. The average molecular weight is 857 g/mol. The molecule has 4 atom stereocenters. The van der Waals surface area contributed by atoms with Crippen LogP contribution in [0.3, 0.4) is 0 Å². The highest BCUT2D eigenvalue weighted by Crippen LogP contribution is 2.43. The Balaban J connectivity index is 1.01. The largest absolute Gasteiger partial charge is 0.489 e. The third kappa shape index (κ3) is 9.39. The van der Waals surface area contributed by atoms with Crippen LogP contribution < -0.4 is 19.5 Å². The Morgan fingerprint density at radius 3 is 2.41 bits per heavy atom. The molecule has 1 amide bonds. The zero-order chi connectivity index (χ0) is 42.6. The molecule has 9 nitrogen and oxygen atoms in total. The Hall–Kier alpha value is -5.87. The molecule has 0 spiro atoms. The lowest BCUT2D eigenvalue weighted by atomic mass is 9.89. The van der Waals surface area contributed by atoms with E-state index < -0.39 is 18.1 Å². The first-order valence-corrected chi connectivity index (χ1v) is 21.3. The van der Waals surface area contributed by atoms with Gasteiger partial charge in [-0.1, -0.05) is 103 Å². The van der Waals surface area contributed by atoms with Gasteiger partial charge >= 0.3 is 5.97 Å². The van der Waals surface area contributed by atoms with Crippen LogP contribution in [0.15, 0.2) is 121 Å². The van der Waals surface area contributed by atoms with Gasteiger partial charge in [-0.15, -0.1) is 0 Å². The van der Waals surface area contributed by atoms with E-state index in [-0.39, 0.29) is 31.1 Å². The van der Waals surface area contributed by atoms with Crippen molar-refractivity contribution in [1.29, 1.82) is 0 Å². The number of nitrogens with zero attached hydrogens (tertiary/aromatic N) is 2. The number of rotatable bonds is 13. The lowest BCUT2D eigenvalue weighted by molar-refractivity contribution is -0.143. The van der Waals surface area contributed by atoms with Gasteiger partial charge in [0.05, 0.1) is 16.1 Å². The van der Waals surface area contributed by atoms with Crippen LogP contribution >= 0.6 is 23.2 Å². The Morgan fingerprint density at radius 2 is 1.66 bits per heavy atom. The zero-order valence-corrected chi connectivity index (χ0v) is 35.7. The van der Waals surface area contributed by atoms with Crippen LogP contribution in [0.5, 0.6) is 17.2 Å². The van der Waals surface area contributed by atoms with E-state index in [2.05, 4.69) is 34.3 Å². The first-order valence-electron chi connectivity index (χ1n) is 20.5. The predicted molar refractivity (Wildman–Crippen MR) is 237 cm³/mol. The molecule has 3 heterocycles. The minimum atomic E-state index is -1.12. The van der Waals surface area contributed by atoms with Gasteiger partial charge < -0.3 is 24.6 Å². The van der Waals surface area contributed by atoms with Gasteiger partial charge in [-0.25, -0.2) is 4.79 Å². The molecular weight excluding hydrogens is 809 g/mol. The van der Waals surface area contributed by atoms with Crippen LogP contribution in [0.25, 0.3) is 11.1 Å². The number of benzene rings is 5. The normalized spacial score (nSPS) is 16.9. The summed E-state index contributed by atoms with van der Waals surface area (Å²) in [4.78, 5) is 33.8. The first kappa shape index (κ1) is 41.8. The van der Waals surface area contributed by atoms with E-state index >= 15 is 0 Å². The molecule has 8 rings (SSSR count). The van der Waals surface area contributed by atoms with Crippen molar-refractivity contribution >= 4 is 35.1 Å². The molecule has 4 unspecified atom stereocenters. The molecule has 0 fully saturated rings. The second-order valence-electron chi connectivity index (χ2n) is 15.7. The van der Waals surface area contributed by atoms with E-state index in [1.807, 2.05) is 105 Å². The van der Waals surface area contributed by atoms with Gasteiger partial charge in [0.15, 0.2) is 17.6 Å². The van der Waals surface area contributed by atoms with E-state index in [1.165, 1.54) is 0 Å². The number of carboxylic acids is 1. The number of aromatic nitrogens is 1. The van der Waals surface area contributed by atoms with Crippen LogP contribution in [-0.2, 0) is 35.6 Å². The van der Waals surface area contributed by atoms with Crippen LogP contribution in [0.1, 0.15) is 70.1 Å². The third-order valence-electron chi connectivity index (χ3n) is 11.8. The van der Waals surface area contributed by atoms with Crippen molar-refractivity contribution in [3.8, 4) is 28.4 Å². The Bertz CT molecular complexity index is 2550. The number of fused-ring (bicyclic) bond motifs is 2. The fourth-order valence-electron chi connectivity index (χ4n) is 8.32. The average Bonchev–Trinajstić information content (AvgIpc) is 3.27. The van der Waals surface area contributed by atoms with E-state index in [1.54, 1.807) is 18.3 Å². The van der Waals surface area contributed by atoms with Crippen molar-refractivity contribution < 1.29 is 28.9 Å². The van der Waals surface area contributed by atoms with E-state index in [9.17, 15) is 14.7 Å². The molecule has 0 radical (unpaired) electrons. The van der Waals surface area contributed by atoms with Crippen LogP contribution in [0.2, 0.25) is 10.0 Å². The van der Waals surface area contributed by atoms with Gasteiger partial charge in [0.25, 0.3) is 0 Å². The highest BCUT2D eigenvalue weighted by molar-refractivity contribution is 6.42. The molecule has 312 valence electrons. The van der Waals surface area contributed by atoms with E-state index in [0.717, 1.165) is 62.2 Å². The lowest BCUT2D eigenvalue weighted by Gasteiger charge is -2.42. The van der Waals surface area contributed by atoms with Crippen LogP contribution in [0, 0.1) is 13.8 Å². The molecule has 2 N–H and O–H groups in total. The standard InChI is InChI=1S/C50H47Cl2N3O6/c1-4-44(35-9-6-5-7-10-35)55-27-38-26-47-46(60-29-48(61-47)36-11-8-12-39(23-36)59-28-33-15-18-41(51)42(52)21-33)25-37(38)24-45(55)49(56)54-43(50(57)58)22-32-13-16-34(17-14-32)40-19-20-53-31(3)30(40)2/h5-21,23,25-26,43-45,48H,4,22,24,27-29H2,1-3H3,(H,54,56)(H,57,58). The smallest absolute Gasteiger partial charge is 0.326 e. The maximum atomic E-state index is 14.5. The van der Waals surface area contributed by atoms with Gasteiger partial charge in [0, 0.05) is 30.9 Å². The molecule has 0 saturated heterocycles. The number of carboxylic acid groups (broad SMARTS) is 1. The number of halogens is 2. The highest BCUT2D eigenvalue weighted by Gasteiger charge is 2.39. The number of pyridine rings is 1. The van der Waals surface area contributed by atoms with Gasteiger partial charge in [-0.3, -0.25) is 14.7 Å². The van der Waals surface area contributed by atoms with E-state index in [4.69, 9.17) is 37.4 Å². The SMILES string of the molecule is CCC(c1ccccc1)N1Cc2cc3c(cc2CC1C(=O)NC(Cc1ccc(-c2ccnc(C)c2C)cc1)C(=O)O)OCC(c1cccc(OCc2ccc(Cl)c(Cl)c2)c1)O3. The predicted octanol–water partition coefficient (Wildman–Crippen LogP) is 10.5. The zero-order valence-electron chi connectivity index (χ0n) is 34.2. The molecule has 0 saturated carbocycles. The minimum absolute atomic E-state index is 0.103. The Morgan fingerprint density at radius 1 is 0.885 bits per heavy atom. The molecule has 0 bridgehead atoms. The van der Waals surface area contributed by atoms with Crippen molar-refractivity contribution in [2.75, 3.05) is 6.61 Å². The monoisotopic (exact) mass is 855 g/mol. The summed E-state index contributed by atoms with van der Waals surface area (Å²) in [6.07, 6.45) is 2.67. The number of hydrogen-bond donors (Lipinski definition) is 2. The quantitative estimate of drug-likeness (QED) is 0.118. The highest BCUT2D eigenvalue weighted by atomic mass is 35.5. The molecule has 5 aromatic carbocycles. The number of nitrogens with one attached hydrogen (secondary N) is 1. The number of carbonyl (C=O) groups excluding carboxylic acids is 1. The molecule has 11 heteroatoms. The summed E-state index contributed by atoms with van der Waals surface area (Å²) in [6.45, 7) is 7.19. The molecular formula is C50H47Cl2N3O6.